The first-order valence-electron chi connectivity index (χ1n) is 5.30. The molecule has 0 radical (unpaired) electrons. The Kier molecular flexibility index (Phi) is 3.37. The molecule has 0 aromatic heterocycles. The average Bonchev–Trinajstić information content (AvgIpc) is 2.32. The highest BCUT2D eigenvalue weighted by Crippen LogP contribution is 2.16. The molecule has 0 atom stereocenters. The highest BCUT2D eigenvalue weighted by atomic mass is 19.1. The highest BCUT2D eigenvalue weighted by Gasteiger charge is 2.15. The van der Waals surface area contributed by atoms with E-state index in [0.717, 1.165) is 23.8 Å². The second-order valence-corrected chi connectivity index (χ2v) is 3.83. The van der Waals surface area contributed by atoms with E-state index >= 15 is 0 Å². The Balaban J connectivity index is 2.24. The van der Waals surface area contributed by atoms with Crippen LogP contribution >= 0.6 is 0 Å². The van der Waals surface area contributed by atoms with Gasteiger partial charge in [0, 0.05) is 0 Å². The van der Waals surface area contributed by atoms with Crippen LogP contribution in [0.1, 0.15) is 15.9 Å². The van der Waals surface area contributed by atoms with Crippen LogP contribution in [0.25, 0.3) is 0 Å². The smallest absolute Gasteiger partial charge is 0.346 e. The molecular weight excluding hydrogens is 238 g/mol. The van der Waals surface area contributed by atoms with E-state index in [2.05, 4.69) is 0 Å². The van der Waals surface area contributed by atoms with E-state index in [1.165, 1.54) is 0 Å². The lowest BCUT2D eigenvalue weighted by atomic mass is 10.2. The van der Waals surface area contributed by atoms with E-state index in [1.54, 1.807) is 18.2 Å². The van der Waals surface area contributed by atoms with Crippen LogP contribution in [0.15, 0.2) is 42.5 Å². The number of benzene rings is 2. The predicted octanol–water partition coefficient (Wildman–Crippen LogP) is 3.49. The van der Waals surface area contributed by atoms with Gasteiger partial charge in [0.2, 0.25) is 0 Å². The van der Waals surface area contributed by atoms with Crippen LogP contribution < -0.4 is 4.74 Å². The molecule has 2 aromatic rings. The fourth-order valence-electron chi connectivity index (χ4n) is 1.49. The number of carbonyl (C=O) groups excluding carboxylic acids is 1. The molecule has 0 fully saturated rings. The van der Waals surface area contributed by atoms with E-state index in [1.807, 2.05) is 13.0 Å². The molecular formula is C14H10F2O2. The molecule has 0 saturated heterocycles. The zero-order valence-corrected chi connectivity index (χ0v) is 9.61. The van der Waals surface area contributed by atoms with Crippen molar-refractivity contribution in [1.29, 1.82) is 0 Å². The molecule has 4 heteroatoms. The standard InChI is InChI=1S/C14H10F2O2/c1-9-3-2-4-11(7-9)18-14(17)12-8-10(15)5-6-13(12)16/h2-8H,1H3. The lowest BCUT2D eigenvalue weighted by molar-refractivity contribution is 0.0729. The van der Waals surface area contributed by atoms with Crippen molar-refractivity contribution in [3.63, 3.8) is 0 Å². The van der Waals surface area contributed by atoms with Gasteiger partial charge in [-0.05, 0) is 42.8 Å². The number of aryl methyl sites for hydroxylation is 1. The third kappa shape index (κ3) is 2.71. The van der Waals surface area contributed by atoms with E-state index in [0.29, 0.717) is 5.75 Å². The molecule has 0 aliphatic carbocycles. The molecule has 0 N–H and O–H groups in total. The van der Waals surface area contributed by atoms with Crippen molar-refractivity contribution in [3.8, 4) is 5.75 Å². The van der Waals surface area contributed by atoms with Gasteiger partial charge in [0.25, 0.3) is 0 Å². The van der Waals surface area contributed by atoms with Crippen LogP contribution in [0.2, 0.25) is 0 Å². The van der Waals surface area contributed by atoms with Gasteiger partial charge in [0.05, 0.1) is 5.56 Å². The topological polar surface area (TPSA) is 26.3 Å². The minimum atomic E-state index is -0.919. The summed E-state index contributed by atoms with van der Waals surface area (Å²) >= 11 is 0. The van der Waals surface area contributed by atoms with Crippen LogP contribution in [0, 0.1) is 18.6 Å². The van der Waals surface area contributed by atoms with Gasteiger partial charge in [-0.3, -0.25) is 0 Å². The maximum absolute atomic E-state index is 13.3. The summed E-state index contributed by atoms with van der Waals surface area (Å²) < 4.78 is 31.2. The quantitative estimate of drug-likeness (QED) is 0.600. The predicted molar refractivity (Wildman–Crippen MR) is 62.5 cm³/mol. The van der Waals surface area contributed by atoms with Crippen LogP contribution in [0.3, 0.4) is 0 Å². The Morgan fingerprint density at radius 1 is 1.11 bits per heavy atom. The minimum Gasteiger partial charge on any atom is -0.423 e. The number of halogens is 2. The highest BCUT2D eigenvalue weighted by molar-refractivity contribution is 5.91. The fourth-order valence-corrected chi connectivity index (χ4v) is 1.49. The molecule has 0 heterocycles. The number of hydrogen-bond acceptors (Lipinski definition) is 2. The van der Waals surface area contributed by atoms with E-state index in [9.17, 15) is 13.6 Å². The van der Waals surface area contributed by atoms with Gasteiger partial charge in [-0.2, -0.15) is 0 Å². The Morgan fingerprint density at radius 2 is 1.89 bits per heavy atom. The van der Waals surface area contributed by atoms with Crippen molar-refractivity contribution in [2.45, 2.75) is 6.92 Å². The monoisotopic (exact) mass is 248 g/mol. The Hall–Kier alpha value is -2.23. The fraction of sp³-hybridized carbons (Fsp3) is 0.0714. The molecule has 0 saturated carbocycles. The molecule has 0 amide bonds. The van der Waals surface area contributed by atoms with Crippen molar-refractivity contribution < 1.29 is 18.3 Å². The van der Waals surface area contributed by atoms with Crippen molar-refractivity contribution in [3.05, 3.63) is 65.2 Å². The zero-order valence-electron chi connectivity index (χ0n) is 9.61. The van der Waals surface area contributed by atoms with Crippen LogP contribution in [0.4, 0.5) is 8.78 Å². The SMILES string of the molecule is Cc1cccc(OC(=O)c2cc(F)ccc2F)c1. The van der Waals surface area contributed by atoms with Gasteiger partial charge in [-0.1, -0.05) is 12.1 Å². The van der Waals surface area contributed by atoms with Gasteiger partial charge in [0.15, 0.2) is 0 Å². The molecule has 18 heavy (non-hydrogen) atoms. The molecule has 2 rings (SSSR count). The summed E-state index contributed by atoms with van der Waals surface area (Å²) in [6, 6.07) is 9.39. The minimum absolute atomic E-state index is 0.295. The molecule has 0 unspecified atom stereocenters. The molecule has 92 valence electrons. The summed E-state index contributed by atoms with van der Waals surface area (Å²) in [6.45, 7) is 1.83. The first-order chi connectivity index (χ1) is 8.56. The summed E-state index contributed by atoms with van der Waals surface area (Å²) in [7, 11) is 0. The second kappa shape index (κ2) is 4.96. The number of carbonyl (C=O) groups is 1. The number of ether oxygens (including phenoxy) is 1. The second-order valence-electron chi connectivity index (χ2n) is 3.83. The van der Waals surface area contributed by atoms with E-state index < -0.39 is 23.2 Å². The number of rotatable bonds is 2. The van der Waals surface area contributed by atoms with Gasteiger partial charge in [0.1, 0.15) is 17.4 Å². The summed E-state index contributed by atoms with van der Waals surface area (Å²) in [5.74, 6) is -2.12. The van der Waals surface area contributed by atoms with Crippen LogP contribution in [0.5, 0.6) is 5.75 Å². The molecule has 0 aliphatic rings. The molecule has 2 aromatic carbocycles. The Bertz CT molecular complexity index is 594. The molecule has 0 spiro atoms. The molecule has 0 bridgehead atoms. The van der Waals surface area contributed by atoms with E-state index in [-0.39, 0.29) is 0 Å². The van der Waals surface area contributed by atoms with E-state index in [4.69, 9.17) is 4.74 Å². The molecule has 2 nitrogen and oxygen atoms in total. The maximum Gasteiger partial charge on any atom is 0.346 e. The number of esters is 1. The van der Waals surface area contributed by atoms with Crippen molar-refractivity contribution in [2.24, 2.45) is 0 Å². The lowest BCUT2D eigenvalue weighted by Crippen LogP contribution is -2.11. The van der Waals surface area contributed by atoms with Crippen molar-refractivity contribution in [2.75, 3.05) is 0 Å². The van der Waals surface area contributed by atoms with Crippen molar-refractivity contribution >= 4 is 5.97 Å². The third-order valence-electron chi connectivity index (χ3n) is 2.35. The van der Waals surface area contributed by atoms with Gasteiger partial charge < -0.3 is 4.74 Å². The first kappa shape index (κ1) is 12.2. The largest absolute Gasteiger partial charge is 0.423 e. The normalized spacial score (nSPS) is 10.2. The average molecular weight is 248 g/mol. The Morgan fingerprint density at radius 3 is 2.61 bits per heavy atom. The summed E-state index contributed by atoms with van der Waals surface area (Å²) in [4.78, 5) is 11.7. The molecule has 0 aliphatic heterocycles. The number of hydrogen-bond donors (Lipinski definition) is 0. The van der Waals surface area contributed by atoms with Gasteiger partial charge >= 0.3 is 5.97 Å². The Labute approximate surface area is 103 Å². The van der Waals surface area contributed by atoms with Crippen LogP contribution in [-0.4, -0.2) is 5.97 Å². The maximum atomic E-state index is 13.3. The first-order valence-corrected chi connectivity index (χ1v) is 5.30. The summed E-state index contributed by atoms with van der Waals surface area (Å²) in [6.07, 6.45) is 0. The summed E-state index contributed by atoms with van der Waals surface area (Å²) in [5.41, 5.74) is 0.483. The zero-order chi connectivity index (χ0) is 13.1. The van der Waals surface area contributed by atoms with Crippen molar-refractivity contribution in [1.82, 2.24) is 0 Å². The van der Waals surface area contributed by atoms with Gasteiger partial charge in [-0.25, -0.2) is 13.6 Å². The third-order valence-corrected chi connectivity index (χ3v) is 2.35. The lowest BCUT2D eigenvalue weighted by Gasteiger charge is -2.05. The van der Waals surface area contributed by atoms with Crippen LogP contribution in [-0.2, 0) is 0 Å². The van der Waals surface area contributed by atoms with Gasteiger partial charge in [-0.15, -0.1) is 0 Å². The summed E-state index contributed by atoms with van der Waals surface area (Å²) in [5, 5.41) is 0.